The Morgan fingerprint density at radius 1 is 1.35 bits per heavy atom. The lowest BCUT2D eigenvalue weighted by Crippen LogP contribution is -2.44. The monoisotopic (exact) mass is 314 g/mol. The van der Waals surface area contributed by atoms with Crippen LogP contribution in [0.15, 0.2) is 28.8 Å². The number of rotatable bonds is 3. The van der Waals surface area contributed by atoms with Crippen molar-refractivity contribution in [2.24, 2.45) is 0 Å². The second-order valence-corrected chi connectivity index (χ2v) is 6.26. The van der Waals surface area contributed by atoms with Crippen LogP contribution in [0.3, 0.4) is 0 Å². The normalized spacial score (nSPS) is 25.3. The second-order valence-electron chi connectivity index (χ2n) is 6.26. The van der Waals surface area contributed by atoms with Gasteiger partial charge in [0, 0.05) is 19.6 Å². The van der Waals surface area contributed by atoms with Crippen molar-refractivity contribution in [3.05, 3.63) is 47.1 Å². The maximum atomic E-state index is 5.93. The van der Waals surface area contributed by atoms with E-state index in [1.807, 2.05) is 0 Å². The minimum atomic E-state index is 0.00969. The molecule has 0 spiro atoms. The average Bonchev–Trinajstić information content (AvgIpc) is 3.04. The number of fused-ring (bicyclic) bond motifs is 1. The second kappa shape index (κ2) is 6.39. The van der Waals surface area contributed by atoms with E-state index in [0.29, 0.717) is 12.3 Å². The van der Waals surface area contributed by atoms with Crippen LogP contribution in [0, 0.1) is 0 Å². The molecule has 1 saturated heterocycles. The molecule has 0 aliphatic carbocycles. The van der Waals surface area contributed by atoms with Crippen LogP contribution in [0.25, 0.3) is 0 Å². The van der Waals surface area contributed by atoms with Gasteiger partial charge < -0.3 is 14.6 Å². The van der Waals surface area contributed by atoms with E-state index >= 15 is 0 Å². The standard InChI is InChI=1S/C17H22N4O2/c1-21-8-7-18-11-14(21)17-19-16(23-20-17)10-15-13-5-3-2-4-12(13)6-9-22-15/h2-5,14-15,18H,6-11H2,1H3. The number of aromatic nitrogens is 2. The molecule has 1 fully saturated rings. The molecule has 122 valence electrons. The van der Waals surface area contributed by atoms with Crippen molar-refractivity contribution in [3.8, 4) is 0 Å². The van der Waals surface area contributed by atoms with Crippen molar-refractivity contribution in [2.45, 2.75) is 25.0 Å². The summed E-state index contributed by atoms with van der Waals surface area (Å²) in [5.41, 5.74) is 2.61. The Kier molecular flexibility index (Phi) is 4.11. The number of hydrogen-bond acceptors (Lipinski definition) is 6. The molecular weight excluding hydrogens is 292 g/mol. The molecule has 0 radical (unpaired) electrons. The highest BCUT2D eigenvalue weighted by molar-refractivity contribution is 5.31. The first kappa shape index (κ1) is 14.8. The highest BCUT2D eigenvalue weighted by atomic mass is 16.5. The molecular formula is C17H22N4O2. The molecule has 0 saturated carbocycles. The number of hydrogen-bond donors (Lipinski definition) is 1. The van der Waals surface area contributed by atoms with Crippen LogP contribution >= 0.6 is 0 Å². The summed E-state index contributed by atoms with van der Waals surface area (Å²) in [6.45, 7) is 3.61. The fraction of sp³-hybridized carbons (Fsp3) is 0.529. The molecule has 3 heterocycles. The first-order valence-corrected chi connectivity index (χ1v) is 8.24. The van der Waals surface area contributed by atoms with Gasteiger partial charge in [-0.25, -0.2) is 0 Å². The molecule has 4 rings (SSSR count). The fourth-order valence-corrected chi connectivity index (χ4v) is 3.38. The van der Waals surface area contributed by atoms with Gasteiger partial charge in [-0.1, -0.05) is 29.4 Å². The Balaban J connectivity index is 1.50. The summed E-state index contributed by atoms with van der Waals surface area (Å²) in [6, 6.07) is 8.63. The van der Waals surface area contributed by atoms with Crippen molar-refractivity contribution >= 4 is 0 Å². The third kappa shape index (κ3) is 3.02. The van der Waals surface area contributed by atoms with Crippen molar-refractivity contribution in [2.75, 3.05) is 33.3 Å². The SMILES string of the molecule is CN1CCNCC1c1noc(CC2OCCc3ccccc32)n1. The maximum absolute atomic E-state index is 5.93. The molecule has 23 heavy (non-hydrogen) atoms. The van der Waals surface area contributed by atoms with Gasteiger partial charge in [-0.2, -0.15) is 4.98 Å². The number of ether oxygens (including phenoxy) is 1. The molecule has 2 aromatic rings. The van der Waals surface area contributed by atoms with Gasteiger partial charge in [0.2, 0.25) is 5.89 Å². The molecule has 0 bridgehead atoms. The lowest BCUT2D eigenvalue weighted by molar-refractivity contribution is 0.0375. The Labute approximate surface area is 135 Å². The first-order valence-electron chi connectivity index (χ1n) is 8.24. The van der Waals surface area contributed by atoms with Crippen molar-refractivity contribution in [1.82, 2.24) is 20.4 Å². The van der Waals surface area contributed by atoms with Gasteiger partial charge in [-0.05, 0) is 24.6 Å². The van der Waals surface area contributed by atoms with Crippen LogP contribution in [0.4, 0.5) is 0 Å². The highest BCUT2D eigenvalue weighted by Crippen LogP contribution is 2.30. The number of likely N-dealkylation sites (N-methyl/N-ethyl adjacent to an activating group) is 1. The number of benzene rings is 1. The Hall–Kier alpha value is -1.76. The van der Waals surface area contributed by atoms with E-state index < -0.39 is 0 Å². The van der Waals surface area contributed by atoms with Gasteiger partial charge in [0.1, 0.15) is 0 Å². The summed E-state index contributed by atoms with van der Waals surface area (Å²) in [7, 11) is 2.10. The fourth-order valence-electron chi connectivity index (χ4n) is 3.38. The lowest BCUT2D eigenvalue weighted by Gasteiger charge is -2.30. The van der Waals surface area contributed by atoms with Crippen LogP contribution in [0.1, 0.15) is 35.0 Å². The van der Waals surface area contributed by atoms with E-state index in [1.54, 1.807) is 0 Å². The summed E-state index contributed by atoms with van der Waals surface area (Å²) in [5, 5.41) is 7.57. The van der Waals surface area contributed by atoms with Crippen LogP contribution in [0.2, 0.25) is 0 Å². The molecule has 6 heteroatoms. The van der Waals surface area contributed by atoms with Gasteiger partial charge in [0.05, 0.1) is 25.2 Å². The molecule has 1 aromatic carbocycles. The number of nitrogens with zero attached hydrogens (tertiary/aromatic N) is 3. The summed E-state index contributed by atoms with van der Waals surface area (Å²) in [4.78, 5) is 6.87. The lowest BCUT2D eigenvalue weighted by atomic mass is 9.96. The molecule has 2 aliphatic heterocycles. The van der Waals surface area contributed by atoms with Gasteiger partial charge in [0.15, 0.2) is 5.82 Å². The summed E-state index contributed by atoms with van der Waals surface area (Å²) in [6.07, 6.45) is 1.62. The molecule has 2 aliphatic rings. The first-order chi connectivity index (χ1) is 11.3. The molecule has 1 aromatic heterocycles. The third-order valence-corrected chi connectivity index (χ3v) is 4.75. The topological polar surface area (TPSA) is 63.4 Å². The molecule has 2 unspecified atom stereocenters. The predicted molar refractivity (Wildman–Crippen MR) is 85.1 cm³/mol. The predicted octanol–water partition coefficient (Wildman–Crippen LogP) is 1.50. The number of piperazine rings is 1. The molecule has 1 N–H and O–H groups in total. The van der Waals surface area contributed by atoms with Crippen molar-refractivity contribution < 1.29 is 9.26 Å². The number of nitrogens with one attached hydrogen (secondary N) is 1. The van der Waals surface area contributed by atoms with Crippen LogP contribution in [-0.2, 0) is 17.6 Å². The quantitative estimate of drug-likeness (QED) is 0.926. The smallest absolute Gasteiger partial charge is 0.229 e. The van der Waals surface area contributed by atoms with E-state index in [2.05, 4.69) is 51.7 Å². The van der Waals surface area contributed by atoms with Crippen LogP contribution in [-0.4, -0.2) is 48.3 Å². The van der Waals surface area contributed by atoms with E-state index in [4.69, 9.17) is 9.26 Å². The molecule has 6 nitrogen and oxygen atoms in total. The van der Waals surface area contributed by atoms with E-state index in [9.17, 15) is 0 Å². The molecule has 0 amide bonds. The van der Waals surface area contributed by atoms with E-state index in [1.165, 1.54) is 11.1 Å². The van der Waals surface area contributed by atoms with E-state index in [0.717, 1.165) is 38.5 Å². The zero-order valence-electron chi connectivity index (χ0n) is 13.4. The maximum Gasteiger partial charge on any atom is 0.229 e. The van der Waals surface area contributed by atoms with Gasteiger partial charge in [-0.3, -0.25) is 4.90 Å². The van der Waals surface area contributed by atoms with E-state index in [-0.39, 0.29) is 12.1 Å². The third-order valence-electron chi connectivity index (χ3n) is 4.75. The average molecular weight is 314 g/mol. The zero-order chi connectivity index (χ0) is 15.6. The Morgan fingerprint density at radius 3 is 3.17 bits per heavy atom. The summed E-state index contributed by atoms with van der Waals surface area (Å²) >= 11 is 0. The minimum absolute atomic E-state index is 0.00969. The van der Waals surface area contributed by atoms with Gasteiger partial charge in [0.25, 0.3) is 0 Å². The van der Waals surface area contributed by atoms with Crippen LogP contribution < -0.4 is 5.32 Å². The van der Waals surface area contributed by atoms with Gasteiger partial charge >= 0.3 is 0 Å². The molecule has 2 atom stereocenters. The van der Waals surface area contributed by atoms with Crippen molar-refractivity contribution in [1.29, 1.82) is 0 Å². The van der Waals surface area contributed by atoms with Crippen LogP contribution in [0.5, 0.6) is 0 Å². The minimum Gasteiger partial charge on any atom is -0.373 e. The zero-order valence-corrected chi connectivity index (χ0v) is 13.4. The highest BCUT2D eigenvalue weighted by Gasteiger charge is 2.27. The Morgan fingerprint density at radius 2 is 2.26 bits per heavy atom. The summed E-state index contributed by atoms with van der Waals surface area (Å²) < 4.78 is 11.4. The largest absolute Gasteiger partial charge is 0.373 e. The Bertz CT molecular complexity index is 672. The van der Waals surface area contributed by atoms with Crippen molar-refractivity contribution in [3.63, 3.8) is 0 Å². The van der Waals surface area contributed by atoms with Gasteiger partial charge in [-0.15, -0.1) is 0 Å². The summed E-state index contributed by atoms with van der Waals surface area (Å²) in [5.74, 6) is 1.42.